The van der Waals surface area contributed by atoms with Crippen LogP contribution in [0.15, 0.2) is 53.4 Å². The summed E-state index contributed by atoms with van der Waals surface area (Å²) >= 11 is 0. The number of methoxy groups -OCH3 is 1. The van der Waals surface area contributed by atoms with E-state index in [1.807, 2.05) is 19.1 Å². The summed E-state index contributed by atoms with van der Waals surface area (Å²) < 4.78 is 38.2. The van der Waals surface area contributed by atoms with E-state index in [1.54, 1.807) is 31.4 Å². The van der Waals surface area contributed by atoms with Crippen LogP contribution in [0.5, 0.6) is 11.5 Å². The summed E-state index contributed by atoms with van der Waals surface area (Å²) in [5, 5.41) is 2.75. The number of nitrogens with zero attached hydrogens (tertiary/aromatic N) is 1. The second kappa shape index (κ2) is 10.5. The Labute approximate surface area is 183 Å². The standard InChI is InChI=1S/C23H28N2O5S/c1-3-30-22-13-12-20(31(27,28)25-15-5-4-6-16-25)17-21(22)24-23(26)14-9-18-7-10-19(29-2)11-8-18/h7-14,17H,3-6,15-16H2,1-2H3,(H,24,26)/b14-9+. The molecule has 2 aromatic carbocycles. The van der Waals surface area contributed by atoms with Crippen LogP contribution in [-0.4, -0.2) is 45.4 Å². The number of carbonyl (C=O) groups excluding carboxylic acids is 1. The minimum absolute atomic E-state index is 0.146. The highest BCUT2D eigenvalue weighted by Crippen LogP contribution is 2.30. The number of anilines is 1. The van der Waals surface area contributed by atoms with E-state index in [-0.39, 0.29) is 10.8 Å². The molecule has 2 aromatic rings. The Balaban J connectivity index is 1.80. The number of nitrogens with one attached hydrogen (secondary N) is 1. The van der Waals surface area contributed by atoms with Crippen LogP contribution in [0.25, 0.3) is 6.08 Å². The maximum Gasteiger partial charge on any atom is 0.248 e. The molecule has 0 aliphatic carbocycles. The van der Waals surface area contributed by atoms with Gasteiger partial charge in [0, 0.05) is 19.2 Å². The highest BCUT2D eigenvalue weighted by Gasteiger charge is 2.26. The topological polar surface area (TPSA) is 84.9 Å². The van der Waals surface area contributed by atoms with Crippen LogP contribution in [0.4, 0.5) is 5.69 Å². The highest BCUT2D eigenvalue weighted by molar-refractivity contribution is 7.89. The van der Waals surface area contributed by atoms with Crippen LogP contribution in [0.1, 0.15) is 31.7 Å². The van der Waals surface area contributed by atoms with Crippen molar-refractivity contribution in [3.05, 3.63) is 54.1 Å². The van der Waals surface area contributed by atoms with Crippen molar-refractivity contribution in [1.29, 1.82) is 0 Å². The fraction of sp³-hybridized carbons (Fsp3) is 0.348. The van der Waals surface area contributed by atoms with E-state index in [1.165, 1.54) is 22.5 Å². The number of ether oxygens (including phenoxy) is 2. The van der Waals surface area contributed by atoms with E-state index in [4.69, 9.17) is 9.47 Å². The van der Waals surface area contributed by atoms with Crippen LogP contribution < -0.4 is 14.8 Å². The Morgan fingerprint density at radius 2 is 1.81 bits per heavy atom. The molecule has 1 aliphatic rings. The van der Waals surface area contributed by atoms with E-state index in [9.17, 15) is 13.2 Å². The Bertz CT molecular complexity index is 1030. The number of piperidine rings is 1. The molecule has 7 nitrogen and oxygen atoms in total. The zero-order valence-corrected chi connectivity index (χ0v) is 18.7. The highest BCUT2D eigenvalue weighted by atomic mass is 32.2. The van der Waals surface area contributed by atoms with Gasteiger partial charge in [0.2, 0.25) is 15.9 Å². The van der Waals surface area contributed by atoms with E-state index in [0.29, 0.717) is 31.1 Å². The molecule has 0 bridgehead atoms. The molecule has 8 heteroatoms. The lowest BCUT2D eigenvalue weighted by Crippen LogP contribution is -2.35. The van der Waals surface area contributed by atoms with Gasteiger partial charge in [0.15, 0.2) is 0 Å². The lowest BCUT2D eigenvalue weighted by atomic mass is 10.2. The molecular formula is C23H28N2O5S. The van der Waals surface area contributed by atoms with E-state index >= 15 is 0 Å². The van der Waals surface area contributed by atoms with Crippen LogP contribution in [0.2, 0.25) is 0 Å². The monoisotopic (exact) mass is 444 g/mol. The van der Waals surface area contributed by atoms with Gasteiger partial charge in [0.05, 0.1) is 24.3 Å². The number of sulfonamides is 1. The van der Waals surface area contributed by atoms with Crippen molar-refractivity contribution in [3.63, 3.8) is 0 Å². The summed E-state index contributed by atoms with van der Waals surface area (Å²) in [6, 6.07) is 11.9. The second-order valence-corrected chi connectivity index (χ2v) is 9.09. The quantitative estimate of drug-likeness (QED) is 0.624. The van der Waals surface area contributed by atoms with Gasteiger partial charge in [-0.25, -0.2) is 8.42 Å². The molecule has 1 N–H and O–H groups in total. The maximum atomic E-state index is 13.0. The van der Waals surface area contributed by atoms with Crippen molar-refractivity contribution in [3.8, 4) is 11.5 Å². The molecule has 1 saturated heterocycles. The van der Waals surface area contributed by atoms with Crippen molar-refractivity contribution >= 4 is 27.7 Å². The van der Waals surface area contributed by atoms with E-state index in [0.717, 1.165) is 30.6 Å². The molecule has 0 saturated carbocycles. The van der Waals surface area contributed by atoms with Crippen molar-refractivity contribution < 1.29 is 22.7 Å². The van der Waals surface area contributed by atoms with Crippen molar-refractivity contribution in [1.82, 2.24) is 4.31 Å². The molecule has 1 aliphatic heterocycles. The Kier molecular flexibility index (Phi) is 7.70. The zero-order valence-electron chi connectivity index (χ0n) is 17.8. The van der Waals surface area contributed by atoms with Gasteiger partial charge in [0.25, 0.3) is 0 Å². The van der Waals surface area contributed by atoms with Gasteiger partial charge in [0.1, 0.15) is 11.5 Å². The molecule has 1 fully saturated rings. The molecule has 0 spiro atoms. The Morgan fingerprint density at radius 1 is 1.10 bits per heavy atom. The predicted octanol–water partition coefficient (Wildman–Crippen LogP) is 3.92. The third kappa shape index (κ3) is 5.86. The first-order chi connectivity index (χ1) is 14.9. The average Bonchev–Trinajstić information content (AvgIpc) is 2.80. The predicted molar refractivity (Wildman–Crippen MR) is 121 cm³/mol. The van der Waals surface area contributed by atoms with Gasteiger partial charge in [-0.3, -0.25) is 4.79 Å². The number of amides is 1. The first-order valence-electron chi connectivity index (χ1n) is 10.3. The first-order valence-corrected chi connectivity index (χ1v) is 11.8. The first kappa shape index (κ1) is 22.8. The normalized spacial score (nSPS) is 15.0. The van der Waals surface area contributed by atoms with Crippen molar-refractivity contribution in [2.75, 3.05) is 32.1 Å². The largest absolute Gasteiger partial charge is 0.497 e. The molecule has 166 valence electrons. The number of benzene rings is 2. The maximum absolute atomic E-state index is 13.0. The number of rotatable bonds is 8. The SMILES string of the molecule is CCOc1ccc(S(=O)(=O)N2CCCCC2)cc1NC(=O)/C=C/c1ccc(OC)cc1. The summed E-state index contributed by atoms with van der Waals surface area (Å²) in [5.41, 5.74) is 1.16. The molecule has 3 rings (SSSR count). The zero-order chi connectivity index (χ0) is 22.3. The minimum Gasteiger partial charge on any atom is -0.497 e. The van der Waals surface area contributed by atoms with E-state index in [2.05, 4.69) is 5.32 Å². The van der Waals surface area contributed by atoms with Gasteiger partial charge in [-0.2, -0.15) is 4.31 Å². The average molecular weight is 445 g/mol. The van der Waals surface area contributed by atoms with Crippen molar-refractivity contribution in [2.45, 2.75) is 31.1 Å². The van der Waals surface area contributed by atoms with Gasteiger partial charge >= 0.3 is 0 Å². The summed E-state index contributed by atoms with van der Waals surface area (Å²) in [7, 11) is -2.03. The van der Waals surface area contributed by atoms with E-state index < -0.39 is 10.0 Å². The second-order valence-electron chi connectivity index (χ2n) is 7.15. The summed E-state index contributed by atoms with van der Waals surface area (Å²) in [4.78, 5) is 12.6. The molecular weight excluding hydrogens is 416 g/mol. The Hall–Kier alpha value is -2.84. The lowest BCUT2D eigenvalue weighted by molar-refractivity contribution is -0.111. The molecule has 1 amide bonds. The van der Waals surface area contributed by atoms with Crippen LogP contribution >= 0.6 is 0 Å². The van der Waals surface area contributed by atoms with Crippen LogP contribution in [-0.2, 0) is 14.8 Å². The van der Waals surface area contributed by atoms with Gasteiger partial charge in [-0.15, -0.1) is 0 Å². The smallest absolute Gasteiger partial charge is 0.248 e. The summed E-state index contributed by atoms with van der Waals surface area (Å²) in [6.07, 6.45) is 5.82. The van der Waals surface area contributed by atoms with Gasteiger partial charge in [-0.1, -0.05) is 18.6 Å². The van der Waals surface area contributed by atoms with Crippen molar-refractivity contribution in [2.24, 2.45) is 0 Å². The molecule has 0 unspecified atom stereocenters. The third-order valence-corrected chi connectivity index (χ3v) is 6.90. The number of hydrogen-bond acceptors (Lipinski definition) is 5. The molecule has 0 atom stereocenters. The van der Waals surface area contributed by atoms with Crippen LogP contribution in [0.3, 0.4) is 0 Å². The molecule has 0 aromatic heterocycles. The third-order valence-electron chi connectivity index (χ3n) is 5.00. The number of carbonyl (C=O) groups is 1. The fourth-order valence-corrected chi connectivity index (χ4v) is 4.91. The Morgan fingerprint density at radius 3 is 2.45 bits per heavy atom. The minimum atomic E-state index is -3.62. The van der Waals surface area contributed by atoms with Gasteiger partial charge in [-0.05, 0) is 61.7 Å². The van der Waals surface area contributed by atoms with Gasteiger partial charge < -0.3 is 14.8 Å². The lowest BCUT2D eigenvalue weighted by Gasteiger charge is -2.26. The molecule has 31 heavy (non-hydrogen) atoms. The van der Waals surface area contributed by atoms with Crippen LogP contribution in [0, 0.1) is 0 Å². The molecule has 0 radical (unpaired) electrons. The number of hydrogen-bond donors (Lipinski definition) is 1. The fourth-order valence-electron chi connectivity index (χ4n) is 3.36. The summed E-state index contributed by atoms with van der Waals surface area (Å²) in [5.74, 6) is 0.769. The summed E-state index contributed by atoms with van der Waals surface area (Å²) in [6.45, 7) is 3.25. The molecule has 1 heterocycles.